The molecule has 2 amide bonds. The summed E-state index contributed by atoms with van der Waals surface area (Å²) in [6.45, 7) is 4.71. The largest absolute Gasteiger partial charge is 0.465 e. The lowest BCUT2D eigenvalue weighted by molar-refractivity contribution is 0.0449. The molecule has 6 heteroatoms. The first-order chi connectivity index (χ1) is 6.92. The quantitative estimate of drug-likeness (QED) is 0.640. The van der Waals surface area contributed by atoms with Crippen molar-refractivity contribution in [2.45, 2.75) is 25.5 Å². The fourth-order valence-corrected chi connectivity index (χ4v) is 2.12. The minimum Gasteiger partial charge on any atom is -0.465 e. The molecule has 0 aromatic carbocycles. The van der Waals surface area contributed by atoms with Crippen LogP contribution in [0.15, 0.2) is 0 Å². The third-order valence-electron chi connectivity index (χ3n) is 3.04. The highest BCUT2D eigenvalue weighted by Gasteiger charge is 2.50. The Bertz CT molecular complexity index is 315. The molecule has 84 valence electrons. The number of hydrogen-bond donors (Lipinski definition) is 1. The van der Waals surface area contributed by atoms with Crippen LogP contribution in [-0.4, -0.2) is 58.4 Å². The second kappa shape index (κ2) is 3.01. The Hall–Kier alpha value is -1.46. The van der Waals surface area contributed by atoms with Gasteiger partial charge in [0.05, 0.1) is 6.04 Å². The number of carbonyl (C=O) groups is 2. The Kier molecular flexibility index (Phi) is 2.02. The van der Waals surface area contributed by atoms with E-state index < -0.39 is 11.7 Å². The second-order valence-electron chi connectivity index (χ2n) is 4.41. The van der Waals surface area contributed by atoms with Gasteiger partial charge in [0.1, 0.15) is 5.60 Å². The molecule has 15 heavy (non-hydrogen) atoms. The summed E-state index contributed by atoms with van der Waals surface area (Å²) >= 11 is 0. The number of carbonyl (C=O) groups excluding carboxylic acids is 1. The Morgan fingerprint density at radius 2 is 2.20 bits per heavy atom. The smallest absolute Gasteiger partial charge is 0.410 e. The van der Waals surface area contributed by atoms with Crippen molar-refractivity contribution < 1.29 is 19.4 Å². The first-order valence-corrected chi connectivity index (χ1v) is 4.89. The number of ether oxygens (including phenoxy) is 1. The van der Waals surface area contributed by atoms with E-state index in [1.54, 1.807) is 18.7 Å². The molecule has 0 saturated carbocycles. The first-order valence-electron chi connectivity index (χ1n) is 4.89. The van der Waals surface area contributed by atoms with E-state index in [4.69, 9.17) is 9.84 Å². The average molecular weight is 214 g/mol. The minimum atomic E-state index is -0.940. The normalized spacial score (nSPS) is 28.7. The zero-order chi connectivity index (χ0) is 11.2. The summed E-state index contributed by atoms with van der Waals surface area (Å²) in [4.78, 5) is 25.2. The number of cyclic esters (lactones) is 1. The van der Waals surface area contributed by atoms with Crippen molar-refractivity contribution in [3.8, 4) is 0 Å². The Morgan fingerprint density at radius 3 is 2.80 bits per heavy atom. The van der Waals surface area contributed by atoms with Gasteiger partial charge >= 0.3 is 12.2 Å². The van der Waals surface area contributed by atoms with Crippen molar-refractivity contribution in [2.24, 2.45) is 0 Å². The van der Waals surface area contributed by atoms with Crippen molar-refractivity contribution in [3.05, 3.63) is 0 Å². The van der Waals surface area contributed by atoms with Crippen molar-refractivity contribution in [1.29, 1.82) is 0 Å². The zero-order valence-electron chi connectivity index (χ0n) is 8.77. The van der Waals surface area contributed by atoms with E-state index >= 15 is 0 Å². The lowest BCUT2D eigenvalue weighted by Crippen LogP contribution is -2.57. The molecule has 6 nitrogen and oxygen atoms in total. The van der Waals surface area contributed by atoms with Crippen molar-refractivity contribution in [3.63, 3.8) is 0 Å². The maximum Gasteiger partial charge on any atom is 0.410 e. The third-order valence-corrected chi connectivity index (χ3v) is 3.04. The lowest BCUT2D eigenvalue weighted by Gasteiger charge is -2.37. The summed E-state index contributed by atoms with van der Waals surface area (Å²) in [5.41, 5.74) is -0.606. The molecule has 0 aliphatic carbocycles. The van der Waals surface area contributed by atoms with Gasteiger partial charge in [-0.1, -0.05) is 0 Å². The maximum atomic E-state index is 11.4. The number of hydrogen-bond acceptors (Lipinski definition) is 3. The fourth-order valence-electron chi connectivity index (χ4n) is 2.12. The number of fused-ring (bicyclic) bond motifs is 1. The summed E-state index contributed by atoms with van der Waals surface area (Å²) < 4.78 is 5.19. The topological polar surface area (TPSA) is 70.1 Å². The molecular formula is C9H14N2O4. The summed E-state index contributed by atoms with van der Waals surface area (Å²) in [6, 6.07) is -0.171. The van der Waals surface area contributed by atoms with Gasteiger partial charge in [0, 0.05) is 19.6 Å². The van der Waals surface area contributed by atoms with E-state index in [2.05, 4.69) is 0 Å². The molecule has 2 rings (SSSR count). The van der Waals surface area contributed by atoms with Gasteiger partial charge in [-0.15, -0.1) is 0 Å². The minimum absolute atomic E-state index is 0.171. The number of rotatable bonds is 0. The third kappa shape index (κ3) is 1.49. The Morgan fingerprint density at radius 1 is 1.53 bits per heavy atom. The zero-order valence-corrected chi connectivity index (χ0v) is 8.77. The standard InChI is InChI=1S/C9H14N2O4/c1-9(2)6-5-10(7(12)13)3-4-11(6)8(14)15-9/h6H,3-5H2,1-2H3,(H,12,13). The van der Waals surface area contributed by atoms with Crippen LogP contribution in [-0.2, 0) is 4.74 Å². The van der Waals surface area contributed by atoms with Crippen molar-refractivity contribution in [1.82, 2.24) is 9.80 Å². The van der Waals surface area contributed by atoms with Crippen LogP contribution in [0, 0.1) is 0 Å². The monoisotopic (exact) mass is 214 g/mol. The van der Waals surface area contributed by atoms with Gasteiger partial charge in [0.15, 0.2) is 0 Å². The maximum absolute atomic E-state index is 11.4. The molecule has 1 N–H and O–H groups in total. The van der Waals surface area contributed by atoms with Crippen LogP contribution in [0.25, 0.3) is 0 Å². The van der Waals surface area contributed by atoms with E-state index in [0.29, 0.717) is 19.6 Å². The molecule has 0 spiro atoms. The first kappa shape index (κ1) is 10.1. The van der Waals surface area contributed by atoms with Gasteiger partial charge in [-0.2, -0.15) is 0 Å². The molecule has 2 saturated heterocycles. The summed E-state index contributed by atoms with van der Waals surface area (Å²) in [5, 5.41) is 8.88. The van der Waals surface area contributed by atoms with Crippen LogP contribution < -0.4 is 0 Å². The van der Waals surface area contributed by atoms with Crippen molar-refractivity contribution in [2.75, 3.05) is 19.6 Å². The number of nitrogens with zero attached hydrogens (tertiary/aromatic N) is 2. The van der Waals surface area contributed by atoms with Crippen LogP contribution in [0.4, 0.5) is 9.59 Å². The highest BCUT2D eigenvalue weighted by molar-refractivity contribution is 5.73. The fraction of sp³-hybridized carbons (Fsp3) is 0.778. The van der Waals surface area contributed by atoms with Crippen molar-refractivity contribution >= 4 is 12.2 Å². The van der Waals surface area contributed by atoms with Gasteiger partial charge in [-0.25, -0.2) is 9.59 Å². The molecule has 1 atom stereocenters. The molecule has 0 bridgehead atoms. The van der Waals surface area contributed by atoms with E-state index in [1.165, 1.54) is 4.90 Å². The van der Waals surface area contributed by atoms with E-state index in [9.17, 15) is 9.59 Å². The van der Waals surface area contributed by atoms with Crippen LogP contribution in [0.1, 0.15) is 13.8 Å². The summed E-state index contributed by atoms with van der Waals surface area (Å²) in [6.07, 6.45) is -1.28. The molecule has 0 radical (unpaired) electrons. The lowest BCUT2D eigenvalue weighted by atomic mass is 9.97. The number of piperazine rings is 1. The van der Waals surface area contributed by atoms with Gasteiger partial charge in [-0.05, 0) is 13.8 Å². The van der Waals surface area contributed by atoms with Crippen LogP contribution >= 0.6 is 0 Å². The Labute approximate surface area is 87.4 Å². The second-order valence-corrected chi connectivity index (χ2v) is 4.41. The van der Waals surface area contributed by atoms with Crippen LogP contribution in [0.5, 0.6) is 0 Å². The molecule has 1 unspecified atom stereocenters. The molecule has 2 aliphatic rings. The predicted molar refractivity (Wildman–Crippen MR) is 50.7 cm³/mol. The molecule has 0 aromatic rings. The van der Waals surface area contributed by atoms with E-state index in [-0.39, 0.29) is 12.1 Å². The highest BCUT2D eigenvalue weighted by Crippen LogP contribution is 2.31. The molecule has 0 aromatic heterocycles. The van der Waals surface area contributed by atoms with E-state index in [1.807, 2.05) is 0 Å². The SMILES string of the molecule is CC1(C)OC(=O)N2CCN(C(=O)O)CC21. The van der Waals surface area contributed by atoms with Gasteiger partial charge in [0.2, 0.25) is 0 Å². The molecule has 2 fully saturated rings. The number of amides is 2. The molecule has 2 aliphatic heterocycles. The Balaban J connectivity index is 2.18. The van der Waals surface area contributed by atoms with Crippen LogP contribution in [0.3, 0.4) is 0 Å². The molecule has 2 heterocycles. The van der Waals surface area contributed by atoms with Gasteiger partial charge in [0.25, 0.3) is 0 Å². The average Bonchev–Trinajstić information content (AvgIpc) is 2.37. The summed E-state index contributed by atoms with van der Waals surface area (Å²) in [5.74, 6) is 0. The summed E-state index contributed by atoms with van der Waals surface area (Å²) in [7, 11) is 0. The molecular weight excluding hydrogens is 200 g/mol. The van der Waals surface area contributed by atoms with Gasteiger partial charge in [-0.3, -0.25) is 4.90 Å². The highest BCUT2D eigenvalue weighted by atomic mass is 16.6. The van der Waals surface area contributed by atoms with E-state index in [0.717, 1.165) is 0 Å². The number of carboxylic acid groups (broad SMARTS) is 1. The predicted octanol–water partition coefficient (Wildman–Crippen LogP) is 0.579. The van der Waals surface area contributed by atoms with Crippen LogP contribution in [0.2, 0.25) is 0 Å². The van der Waals surface area contributed by atoms with Gasteiger partial charge < -0.3 is 14.7 Å².